The van der Waals surface area contributed by atoms with Gasteiger partial charge in [0.1, 0.15) is 6.61 Å². The predicted molar refractivity (Wildman–Crippen MR) is 43.5 cm³/mol. The van der Waals surface area contributed by atoms with Crippen LogP contribution in [-0.4, -0.2) is 11.1 Å². The second kappa shape index (κ2) is 4.81. The number of rotatable bonds is 2. The average molecular weight is 180 g/mol. The Morgan fingerprint density at radius 2 is 2.23 bits per heavy atom. The smallest absolute Gasteiger partial charge is 0.442 e. The number of amides is 1. The van der Waals surface area contributed by atoms with Crippen LogP contribution in [0.1, 0.15) is 5.56 Å². The Kier molecular flexibility index (Phi) is 3.37. The molecule has 0 bridgehead atoms. The van der Waals surface area contributed by atoms with Crippen molar-refractivity contribution in [1.29, 1.82) is 0 Å². The third-order valence-corrected chi connectivity index (χ3v) is 1.25. The molecule has 0 fully saturated rings. The molecule has 1 aromatic heterocycles. The summed E-state index contributed by atoms with van der Waals surface area (Å²) in [5, 5.41) is 5.75. The van der Waals surface area contributed by atoms with Gasteiger partial charge < -0.3 is 10.6 Å². The number of carbonyl (C=O) groups excluding carboxylic acids is 1. The summed E-state index contributed by atoms with van der Waals surface area (Å²) in [6, 6.07) is 3.46. The van der Waals surface area contributed by atoms with Gasteiger partial charge in [0.15, 0.2) is 0 Å². The molecular weight excluding hydrogens is 172 g/mol. The minimum Gasteiger partial charge on any atom is -0.442 e. The van der Waals surface area contributed by atoms with Gasteiger partial charge in [0.25, 0.3) is 0 Å². The first-order valence-corrected chi connectivity index (χ1v) is 3.49. The molecule has 0 unspecified atom stereocenters. The van der Waals surface area contributed by atoms with Crippen LogP contribution >= 0.6 is 0 Å². The first kappa shape index (κ1) is 9.11. The lowest BCUT2D eigenvalue weighted by atomic mass is 10.3. The van der Waals surface area contributed by atoms with Crippen molar-refractivity contribution in [3.8, 4) is 0 Å². The van der Waals surface area contributed by atoms with E-state index in [1.54, 1.807) is 24.5 Å². The van der Waals surface area contributed by atoms with Gasteiger partial charge in [-0.25, -0.2) is 4.79 Å². The largest absolute Gasteiger partial charge is 0.454 e. The molecule has 0 spiro atoms. The van der Waals surface area contributed by atoms with Crippen molar-refractivity contribution in [3.63, 3.8) is 0 Å². The van der Waals surface area contributed by atoms with Crippen molar-refractivity contribution in [1.82, 2.24) is 4.98 Å². The molecule has 0 radical (unpaired) electrons. The first-order chi connectivity index (χ1) is 6.33. The van der Waals surface area contributed by atoms with E-state index in [-0.39, 0.29) is 6.61 Å². The Morgan fingerprint density at radius 3 is 2.85 bits per heavy atom. The highest BCUT2D eigenvalue weighted by Crippen LogP contribution is 1.99. The number of hydrogen-bond donors (Lipinski definition) is 1. The molecule has 6 nitrogen and oxygen atoms in total. The lowest BCUT2D eigenvalue weighted by Gasteiger charge is -1.98. The molecule has 0 aliphatic rings. The summed E-state index contributed by atoms with van der Waals surface area (Å²) in [7, 11) is 0. The minimum absolute atomic E-state index is 0.139. The van der Waals surface area contributed by atoms with Gasteiger partial charge in [-0.2, -0.15) is 0 Å². The number of nitrogens with two attached hydrogens (primary N) is 1. The normalized spacial score (nSPS) is 10.2. The van der Waals surface area contributed by atoms with Crippen LogP contribution < -0.4 is 5.84 Å². The maximum absolute atomic E-state index is 10.6. The summed E-state index contributed by atoms with van der Waals surface area (Å²) in [5.41, 5.74) is 0.829. The highest BCUT2D eigenvalue weighted by Gasteiger charge is 1.99. The maximum Gasteiger partial charge on any atom is 0.454 e. The van der Waals surface area contributed by atoms with E-state index in [1.165, 1.54) is 0 Å². The zero-order valence-electron chi connectivity index (χ0n) is 6.75. The molecular formula is C7H8N4O2. The Morgan fingerprint density at radius 1 is 1.54 bits per heavy atom. The van der Waals surface area contributed by atoms with Crippen LogP contribution in [0.3, 0.4) is 0 Å². The highest BCUT2D eigenvalue weighted by molar-refractivity contribution is 5.67. The molecule has 0 aliphatic carbocycles. The van der Waals surface area contributed by atoms with Gasteiger partial charge in [0.2, 0.25) is 0 Å². The molecule has 1 aromatic rings. The van der Waals surface area contributed by atoms with E-state index < -0.39 is 6.09 Å². The minimum atomic E-state index is -0.806. The summed E-state index contributed by atoms with van der Waals surface area (Å²) >= 11 is 0. The molecule has 2 N–H and O–H groups in total. The van der Waals surface area contributed by atoms with E-state index in [0.29, 0.717) is 0 Å². The number of hydrogen-bond acceptors (Lipinski definition) is 4. The van der Waals surface area contributed by atoms with E-state index in [1.807, 2.05) is 0 Å². The molecule has 0 aliphatic heterocycles. The number of nitrogens with zero attached hydrogens (tertiary/aromatic N) is 3. The zero-order valence-corrected chi connectivity index (χ0v) is 6.75. The fourth-order valence-electron chi connectivity index (χ4n) is 0.700. The summed E-state index contributed by atoms with van der Waals surface area (Å²) < 4.78 is 4.66. The standard InChI is InChI=1S/C7H8N4O2/c8-11-10-7(12)13-5-6-1-3-9-4-2-6/h1-4H,5H2,(H2,8,10,12). The molecule has 1 heterocycles. The van der Waals surface area contributed by atoms with Crippen molar-refractivity contribution >= 4 is 6.09 Å². The predicted octanol–water partition coefficient (Wildman–Crippen LogP) is 1.04. The summed E-state index contributed by atoms with van der Waals surface area (Å²) in [6.07, 6.45) is 2.40. The molecule has 0 aromatic carbocycles. The van der Waals surface area contributed by atoms with Gasteiger partial charge in [-0.05, 0) is 17.7 Å². The first-order valence-electron chi connectivity index (χ1n) is 3.49. The van der Waals surface area contributed by atoms with E-state index in [9.17, 15) is 4.79 Å². The maximum atomic E-state index is 10.6. The van der Waals surface area contributed by atoms with Crippen LogP contribution in [0.2, 0.25) is 0 Å². The quantitative estimate of drug-likeness (QED) is 0.418. The summed E-state index contributed by atoms with van der Waals surface area (Å²) in [5.74, 6) is 4.65. The molecule has 0 saturated carbocycles. The molecule has 0 atom stereocenters. The van der Waals surface area contributed by atoms with Crippen LogP contribution in [0, 0.1) is 0 Å². The zero-order chi connectivity index (χ0) is 9.52. The number of ether oxygens (including phenoxy) is 1. The van der Waals surface area contributed by atoms with Crippen LogP contribution in [0.25, 0.3) is 0 Å². The fraction of sp³-hybridized carbons (Fsp3) is 0.143. The second-order valence-corrected chi connectivity index (χ2v) is 2.13. The Hall–Kier alpha value is -1.98. The third kappa shape index (κ3) is 3.28. The van der Waals surface area contributed by atoms with E-state index >= 15 is 0 Å². The van der Waals surface area contributed by atoms with Crippen LogP contribution in [0.5, 0.6) is 0 Å². The highest BCUT2D eigenvalue weighted by atomic mass is 16.5. The topological polar surface area (TPSA) is 89.9 Å². The van der Waals surface area contributed by atoms with E-state index in [2.05, 4.69) is 25.9 Å². The summed E-state index contributed by atoms with van der Waals surface area (Å²) in [4.78, 5) is 14.4. The van der Waals surface area contributed by atoms with Gasteiger partial charge in [-0.1, -0.05) is 10.3 Å². The Labute approximate surface area is 74.4 Å². The molecule has 13 heavy (non-hydrogen) atoms. The van der Waals surface area contributed by atoms with Crippen molar-refractivity contribution in [2.45, 2.75) is 6.61 Å². The lowest BCUT2D eigenvalue weighted by molar-refractivity contribution is 0.148. The molecule has 1 rings (SSSR count). The third-order valence-electron chi connectivity index (χ3n) is 1.25. The second-order valence-electron chi connectivity index (χ2n) is 2.13. The molecule has 1 amide bonds. The number of pyridine rings is 1. The van der Waals surface area contributed by atoms with Crippen molar-refractivity contribution < 1.29 is 9.53 Å². The molecule has 6 heteroatoms. The van der Waals surface area contributed by atoms with Crippen LogP contribution in [0.4, 0.5) is 4.79 Å². The van der Waals surface area contributed by atoms with Crippen LogP contribution in [0.15, 0.2) is 34.9 Å². The number of carbonyl (C=O) groups is 1. The monoisotopic (exact) mass is 180 g/mol. The fourth-order valence-corrected chi connectivity index (χ4v) is 0.700. The van der Waals surface area contributed by atoms with Gasteiger partial charge in [0, 0.05) is 12.4 Å². The summed E-state index contributed by atoms with van der Waals surface area (Å²) in [6.45, 7) is 0.139. The van der Waals surface area contributed by atoms with Crippen molar-refractivity contribution in [2.75, 3.05) is 0 Å². The Bertz CT molecular complexity index is 299. The van der Waals surface area contributed by atoms with E-state index in [0.717, 1.165) is 5.56 Å². The van der Waals surface area contributed by atoms with Crippen LogP contribution in [-0.2, 0) is 11.3 Å². The van der Waals surface area contributed by atoms with Gasteiger partial charge in [-0.15, -0.1) is 0 Å². The van der Waals surface area contributed by atoms with Gasteiger partial charge in [-0.3, -0.25) is 4.98 Å². The van der Waals surface area contributed by atoms with E-state index in [4.69, 9.17) is 0 Å². The average Bonchev–Trinajstić information content (AvgIpc) is 2.17. The van der Waals surface area contributed by atoms with Crippen molar-refractivity contribution in [2.24, 2.45) is 16.2 Å². The molecule has 0 saturated heterocycles. The number of aromatic nitrogens is 1. The molecule has 68 valence electrons. The lowest BCUT2D eigenvalue weighted by Crippen LogP contribution is -1.99. The van der Waals surface area contributed by atoms with Crippen molar-refractivity contribution in [3.05, 3.63) is 30.1 Å². The SMILES string of the molecule is NN=NC(=O)OCc1ccncc1. The Balaban J connectivity index is 2.40. The van der Waals surface area contributed by atoms with Gasteiger partial charge >= 0.3 is 6.09 Å². The van der Waals surface area contributed by atoms with Gasteiger partial charge in [0.05, 0.1) is 0 Å².